The zero-order valence-electron chi connectivity index (χ0n) is 20.0. The van der Waals surface area contributed by atoms with Gasteiger partial charge in [0, 0.05) is 20.2 Å². The number of benzene rings is 5. The van der Waals surface area contributed by atoms with E-state index >= 15 is 0 Å². The van der Waals surface area contributed by atoms with Crippen LogP contribution in [0.15, 0.2) is 78.9 Å². The number of aliphatic hydroxyl groups is 1. The summed E-state index contributed by atoms with van der Waals surface area (Å²) in [5, 5.41) is 20.8. The minimum atomic E-state index is -0.952. The van der Waals surface area contributed by atoms with Gasteiger partial charge in [0.2, 0.25) is 0 Å². The van der Waals surface area contributed by atoms with E-state index in [4.69, 9.17) is 4.65 Å². The smallest absolute Gasteiger partial charge is 0.310 e. The Morgan fingerprint density at radius 3 is 2.03 bits per heavy atom. The van der Waals surface area contributed by atoms with E-state index in [-0.39, 0.29) is 0 Å². The molecule has 0 aliphatic heterocycles. The molecule has 168 valence electrons. The molecule has 0 unspecified atom stereocenters. The zero-order chi connectivity index (χ0) is 23.7. The summed E-state index contributed by atoms with van der Waals surface area (Å²) >= 11 is 1.88. The Balaban J connectivity index is 1.71. The number of hydrogen-bond donors (Lipinski definition) is 1. The molecule has 6 rings (SSSR count). The lowest BCUT2D eigenvalue weighted by Crippen LogP contribution is -2.49. The van der Waals surface area contributed by atoms with E-state index in [1.807, 2.05) is 25.2 Å². The number of rotatable bonds is 4. The van der Waals surface area contributed by atoms with Crippen LogP contribution in [0.1, 0.15) is 27.7 Å². The monoisotopic (exact) mass is 462 g/mol. The average Bonchev–Trinajstić information content (AvgIpc) is 3.22. The van der Waals surface area contributed by atoms with Crippen LogP contribution in [0.25, 0.3) is 52.5 Å². The van der Waals surface area contributed by atoms with Gasteiger partial charge in [-0.25, -0.2) is 0 Å². The van der Waals surface area contributed by atoms with Gasteiger partial charge in [-0.05, 0) is 65.5 Å². The van der Waals surface area contributed by atoms with Crippen molar-refractivity contribution in [3.8, 4) is 0 Å². The van der Waals surface area contributed by atoms with Crippen LogP contribution in [0, 0.1) is 0 Å². The quantitative estimate of drug-likeness (QED) is 0.225. The topological polar surface area (TPSA) is 29.5 Å². The highest BCUT2D eigenvalue weighted by molar-refractivity contribution is 7.28. The Labute approximate surface area is 204 Å². The summed E-state index contributed by atoms with van der Waals surface area (Å²) in [6, 6.07) is 28.5. The van der Waals surface area contributed by atoms with Crippen LogP contribution in [0.2, 0.25) is 0 Å². The van der Waals surface area contributed by atoms with Crippen LogP contribution in [0.4, 0.5) is 0 Å². The molecule has 0 saturated carbocycles. The van der Waals surface area contributed by atoms with Gasteiger partial charge in [-0.15, -0.1) is 11.3 Å². The zero-order valence-corrected chi connectivity index (χ0v) is 20.8. The molecule has 0 saturated heterocycles. The molecule has 6 aromatic rings. The number of thiophene rings is 1. The van der Waals surface area contributed by atoms with E-state index in [1.165, 1.54) is 52.5 Å². The third-order valence-electron chi connectivity index (χ3n) is 7.48. The molecule has 0 amide bonds. The summed E-state index contributed by atoms with van der Waals surface area (Å²) in [4.78, 5) is 0. The summed E-state index contributed by atoms with van der Waals surface area (Å²) in [5.74, 6) is 0. The Hall–Kier alpha value is -2.92. The van der Waals surface area contributed by atoms with Crippen LogP contribution >= 0.6 is 11.3 Å². The molecule has 0 bridgehead atoms. The van der Waals surface area contributed by atoms with Crippen LogP contribution < -0.4 is 5.46 Å². The molecule has 0 aliphatic rings. The van der Waals surface area contributed by atoms with Gasteiger partial charge in [0.05, 0.1) is 11.2 Å². The van der Waals surface area contributed by atoms with Gasteiger partial charge in [-0.1, -0.05) is 78.9 Å². The number of fused-ring (bicyclic) bond motifs is 9. The summed E-state index contributed by atoms with van der Waals surface area (Å²) in [7, 11) is 0.439. The van der Waals surface area contributed by atoms with E-state index < -0.39 is 11.2 Å². The average molecular weight is 462 g/mol. The van der Waals surface area contributed by atoms with Crippen molar-refractivity contribution in [2.75, 3.05) is 0 Å². The van der Waals surface area contributed by atoms with Crippen molar-refractivity contribution < 1.29 is 9.76 Å². The standard InChI is InChI=1S/C30H27BO2S/c1-29(2,32)30(3,4)33-31-24-17-20-14-13-18-9-5-7-11-21(18)25(20)28-26(24)23-16-15-19-10-6-8-12-22(19)27(23)34-28/h5-17,31-32H,1-4H3. The molecule has 34 heavy (non-hydrogen) atoms. The largest absolute Gasteiger partial charge is 0.427 e. The van der Waals surface area contributed by atoms with Crippen molar-refractivity contribution in [2.24, 2.45) is 0 Å². The number of hydrogen-bond acceptors (Lipinski definition) is 3. The van der Waals surface area contributed by atoms with Gasteiger partial charge < -0.3 is 9.76 Å². The lowest BCUT2D eigenvalue weighted by atomic mass is 9.79. The maximum atomic E-state index is 10.7. The Bertz CT molecular complexity index is 1720. The van der Waals surface area contributed by atoms with Crippen molar-refractivity contribution >= 4 is 76.8 Å². The molecular formula is C30H27BO2S. The van der Waals surface area contributed by atoms with Gasteiger partial charge in [-0.3, -0.25) is 0 Å². The molecule has 0 fully saturated rings. The molecule has 0 spiro atoms. The molecule has 1 heterocycles. The van der Waals surface area contributed by atoms with E-state index in [9.17, 15) is 5.11 Å². The van der Waals surface area contributed by atoms with Crippen molar-refractivity contribution in [1.29, 1.82) is 0 Å². The second-order valence-corrected chi connectivity index (χ2v) is 11.3. The van der Waals surface area contributed by atoms with Crippen LogP contribution in [0.5, 0.6) is 0 Å². The first-order valence-electron chi connectivity index (χ1n) is 11.8. The van der Waals surface area contributed by atoms with Crippen molar-refractivity contribution in [1.82, 2.24) is 0 Å². The molecule has 0 aliphatic carbocycles. The maximum absolute atomic E-state index is 10.7. The molecule has 5 aromatic carbocycles. The van der Waals surface area contributed by atoms with Gasteiger partial charge in [0.1, 0.15) is 0 Å². The summed E-state index contributed by atoms with van der Waals surface area (Å²) < 4.78 is 9.01. The molecule has 4 heteroatoms. The minimum absolute atomic E-state index is 0.439. The lowest BCUT2D eigenvalue weighted by molar-refractivity contribution is -0.0893. The lowest BCUT2D eigenvalue weighted by Gasteiger charge is -2.37. The summed E-state index contributed by atoms with van der Waals surface area (Å²) in [6.07, 6.45) is 0. The fraction of sp³-hybridized carbons (Fsp3) is 0.200. The van der Waals surface area contributed by atoms with E-state index in [0.717, 1.165) is 5.46 Å². The predicted octanol–water partition coefficient (Wildman–Crippen LogP) is 7.06. The second kappa shape index (κ2) is 7.54. The summed E-state index contributed by atoms with van der Waals surface area (Å²) in [5.41, 5.74) is -0.473. The predicted molar refractivity (Wildman–Crippen MR) is 150 cm³/mol. The van der Waals surface area contributed by atoms with Crippen LogP contribution in [-0.4, -0.2) is 23.8 Å². The van der Waals surface area contributed by atoms with E-state index in [0.29, 0.717) is 7.48 Å². The first kappa shape index (κ1) is 21.6. The normalized spacial score (nSPS) is 13.0. The third kappa shape index (κ3) is 3.24. The Morgan fingerprint density at radius 2 is 1.29 bits per heavy atom. The maximum Gasteiger partial charge on any atom is 0.310 e. The van der Waals surface area contributed by atoms with Gasteiger partial charge in [-0.2, -0.15) is 0 Å². The van der Waals surface area contributed by atoms with E-state index in [2.05, 4.69) is 78.9 Å². The highest BCUT2D eigenvalue weighted by Gasteiger charge is 2.36. The highest BCUT2D eigenvalue weighted by Crippen LogP contribution is 2.43. The third-order valence-corrected chi connectivity index (χ3v) is 8.74. The first-order valence-corrected chi connectivity index (χ1v) is 12.6. The fourth-order valence-electron chi connectivity index (χ4n) is 4.79. The molecule has 2 nitrogen and oxygen atoms in total. The van der Waals surface area contributed by atoms with Gasteiger partial charge >= 0.3 is 7.48 Å². The second-order valence-electron chi connectivity index (χ2n) is 10.2. The minimum Gasteiger partial charge on any atom is -0.427 e. The Morgan fingerprint density at radius 1 is 0.676 bits per heavy atom. The van der Waals surface area contributed by atoms with E-state index in [1.54, 1.807) is 13.8 Å². The van der Waals surface area contributed by atoms with Crippen molar-refractivity contribution in [3.63, 3.8) is 0 Å². The van der Waals surface area contributed by atoms with Crippen molar-refractivity contribution in [3.05, 3.63) is 78.9 Å². The first-order chi connectivity index (χ1) is 16.2. The molecule has 0 atom stereocenters. The van der Waals surface area contributed by atoms with Gasteiger partial charge in [0.15, 0.2) is 0 Å². The molecule has 1 N–H and O–H groups in total. The van der Waals surface area contributed by atoms with Gasteiger partial charge in [0.25, 0.3) is 0 Å². The highest BCUT2D eigenvalue weighted by atomic mass is 32.1. The molecule has 0 radical (unpaired) electrons. The van der Waals surface area contributed by atoms with Crippen molar-refractivity contribution in [2.45, 2.75) is 38.9 Å². The fourth-order valence-corrected chi connectivity index (χ4v) is 6.24. The summed E-state index contributed by atoms with van der Waals surface area (Å²) in [6.45, 7) is 7.53. The van der Waals surface area contributed by atoms with Crippen LogP contribution in [-0.2, 0) is 4.65 Å². The molecule has 1 aromatic heterocycles. The SMILES string of the molecule is CC(C)(O)C(C)(C)OBc1cc2ccc3ccccc3c2c2sc3c4ccccc4ccc3c12. The Kier molecular flexibility index (Phi) is 4.79. The molecular weight excluding hydrogens is 435 g/mol. The van der Waals surface area contributed by atoms with Crippen LogP contribution in [0.3, 0.4) is 0 Å².